The number of rotatable bonds is 8. The van der Waals surface area contributed by atoms with Crippen molar-refractivity contribution in [2.75, 3.05) is 6.61 Å². The van der Waals surface area contributed by atoms with Crippen LogP contribution in [0.3, 0.4) is 0 Å². The summed E-state index contributed by atoms with van der Waals surface area (Å²) in [7, 11) is 0. The zero-order valence-corrected chi connectivity index (χ0v) is 23.1. The van der Waals surface area contributed by atoms with Gasteiger partial charge in [0.15, 0.2) is 6.61 Å². The van der Waals surface area contributed by atoms with Crippen molar-refractivity contribution >= 4 is 5.97 Å². The number of esters is 1. The Kier molecular flexibility index (Phi) is 8.48. The van der Waals surface area contributed by atoms with E-state index in [-0.39, 0.29) is 23.4 Å². The largest absolute Gasteiger partial charge is 0.482 e. The van der Waals surface area contributed by atoms with E-state index in [1.54, 1.807) is 0 Å². The highest BCUT2D eigenvalue weighted by Crippen LogP contribution is 2.47. The van der Waals surface area contributed by atoms with Crippen molar-refractivity contribution < 1.29 is 19.4 Å². The van der Waals surface area contributed by atoms with Crippen molar-refractivity contribution in [3.63, 3.8) is 0 Å². The van der Waals surface area contributed by atoms with Gasteiger partial charge in [-0.15, -0.1) is 0 Å². The lowest BCUT2D eigenvalue weighted by molar-refractivity contribution is -0.157. The first-order valence-electron chi connectivity index (χ1n) is 13.6. The Labute approximate surface area is 227 Å². The first-order valence-corrected chi connectivity index (χ1v) is 13.6. The van der Waals surface area contributed by atoms with Crippen LogP contribution in [0.2, 0.25) is 0 Å². The molecule has 0 aliphatic heterocycles. The molecule has 2 aromatic carbocycles. The molecule has 1 saturated carbocycles. The first kappa shape index (κ1) is 27.7. The third-order valence-corrected chi connectivity index (χ3v) is 7.68. The summed E-state index contributed by atoms with van der Waals surface area (Å²) in [5.41, 5.74) is 2.73. The SMILES string of the molecule is CC(C)(C)OC(=O)COc1ccc2c(c1)C(C)(/C=C/C=C/C(O)C1(CC#Cc3ccccc3)CCC1)CC2. The van der Waals surface area contributed by atoms with E-state index in [4.69, 9.17) is 9.47 Å². The zero-order valence-electron chi connectivity index (χ0n) is 23.1. The molecule has 1 N–H and O–H groups in total. The van der Waals surface area contributed by atoms with Crippen LogP contribution in [0, 0.1) is 17.3 Å². The molecule has 0 spiro atoms. The zero-order chi connectivity index (χ0) is 27.2. The Morgan fingerprint density at radius 3 is 2.55 bits per heavy atom. The molecule has 38 heavy (non-hydrogen) atoms. The predicted molar refractivity (Wildman–Crippen MR) is 152 cm³/mol. The van der Waals surface area contributed by atoms with Crippen LogP contribution in [0.25, 0.3) is 0 Å². The van der Waals surface area contributed by atoms with E-state index in [1.165, 1.54) is 11.1 Å². The number of allylic oxidation sites excluding steroid dienone is 3. The number of aryl methyl sites for hydroxylation is 1. The normalized spacial score (nSPS) is 20.9. The minimum atomic E-state index is -0.531. The van der Waals surface area contributed by atoms with E-state index in [1.807, 2.05) is 75.4 Å². The number of fused-ring (bicyclic) bond motifs is 1. The van der Waals surface area contributed by atoms with Crippen molar-refractivity contribution in [1.29, 1.82) is 0 Å². The average molecular weight is 513 g/mol. The number of carbonyl (C=O) groups is 1. The third kappa shape index (κ3) is 6.97. The molecule has 2 aromatic rings. The maximum Gasteiger partial charge on any atom is 0.344 e. The highest BCUT2D eigenvalue weighted by molar-refractivity contribution is 5.71. The molecule has 200 valence electrons. The molecule has 0 bridgehead atoms. The fourth-order valence-corrected chi connectivity index (χ4v) is 5.30. The van der Waals surface area contributed by atoms with E-state index in [9.17, 15) is 9.90 Å². The standard InChI is InChI=1S/C34H40O4/c1-32(2,3)38-31(36)25-37-28-17-16-27-18-23-33(4,29(27)24-28)19-9-8-15-30(35)34(21-11-22-34)20-10-14-26-12-6-5-7-13-26/h5-9,12-13,15-17,19,24,30,35H,11,18,20-23,25H2,1-4H3/b15-8+,19-9+. The van der Waals surface area contributed by atoms with Gasteiger partial charge >= 0.3 is 5.97 Å². The summed E-state index contributed by atoms with van der Waals surface area (Å²) in [5.74, 6) is 6.84. The Hall–Kier alpha value is -3.29. The molecule has 0 heterocycles. The van der Waals surface area contributed by atoms with Crippen LogP contribution < -0.4 is 4.74 Å². The fourth-order valence-electron chi connectivity index (χ4n) is 5.30. The molecule has 4 heteroatoms. The molecule has 4 nitrogen and oxygen atoms in total. The van der Waals surface area contributed by atoms with E-state index in [2.05, 4.69) is 37.0 Å². The second-order valence-corrected chi connectivity index (χ2v) is 11.9. The van der Waals surface area contributed by atoms with Gasteiger partial charge in [0.1, 0.15) is 11.4 Å². The summed E-state index contributed by atoms with van der Waals surface area (Å²) in [4.78, 5) is 12.0. The van der Waals surface area contributed by atoms with Gasteiger partial charge in [0.05, 0.1) is 6.10 Å². The maximum absolute atomic E-state index is 12.0. The van der Waals surface area contributed by atoms with Crippen LogP contribution in [-0.4, -0.2) is 29.4 Å². The Morgan fingerprint density at radius 1 is 1.11 bits per heavy atom. The predicted octanol–water partition coefficient (Wildman–Crippen LogP) is 6.70. The van der Waals surface area contributed by atoms with Gasteiger partial charge in [-0.25, -0.2) is 4.79 Å². The number of benzene rings is 2. The summed E-state index contributed by atoms with van der Waals surface area (Å²) in [6, 6.07) is 16.1. The number of aliphatic hydroxyl groups is 1. The minimum absolute atomic E-state index is 0.110. The summed E-state index contributed by atoms with van der Waals surface area (Å²) in [5, 5.41) is 11.0. The van der Waals surface area contributed by atoms with Crippen molar-refractivity contribution in [2.24, 2.45) is 5.41 Å². The lowest BCUT2D eigenvalue weighted by Crippen LogP contribution is -2.40. The molecular formula is C34H40O4. The van der Waals surface area contributed by atoms with Crippen LogP contribution in [-0.2, 0) is 21.4 Å². The fraction of sp³-hybridized carbons (Fsp3) is 0.441. The van der Waals surface area contributed by atoms with Crippen molar-refractivity contribution in [2.45, 2.75) is 83.3 Å². The molecule has 0 saturated heterocycles. The summed E-state index contributed by atoms with van der Waals surface area (Å²) in [6.07, 6.45) is 13.5. The van der Waals surface area contributed by atoms with E-state index >= 15 is 0 Å². The lowest BCUT2D eigenvalue weighted by Gasteiger charge is -2.43. The van der Waals surface area contributed by atoms with Gasteiger partial charge in [-0.05, 0) is 81.8 Å². The van der Waals surface area contributed by atoms with Gasteiger partial charge in [0, 0.05) is 22.8 Å². The highest BCUT2D eigenvalue weighted by atomic mass is 16.6. The van der Waals surface area contributed by atoms with Crippen LogP contribution in [0.4, 0.5) is 0 Å². The molecule has 0 radical (unpaired) electrons. The van der Waals surface area contributed by atoms with Gasteiger partial charge in [-0.2, -0.15) is 0 Å². The van der Waals surface area contributed by atoms with Crippen LogP contribution in [0.1, 0.15) is 76.5 Å². The number of aliphatic hydroxyl groups excluding tert-OH is 1. The van der Waals surface area contributed by atoms with Crippen LogP contribution >= 0.6 is 0 Å². The molecule has 1 fully saturated rings. The van der Waals surface area contributed by atoms with E-state index in [0.717, 1.165) is 37.7 Å². The monoisotopic (exact) mass is 512 g/mol. The minimum Gasteiger partial charge on any atom is -0.482 e. The average Bonchev–Trinajstić information content (AvgIpc) is 3.18. The Bertz CT molecular complexity index is 1230. The first-order chi connectivity index (χ1) is 18.1. The number of ether oxygens (including phenoxy) is 2. The molecular weight excluding hydrogens is 472 g/mol. The van der Waals surface area contributed by atoms with Crippen LogP contribution in [0.5, 0.6) is 5.75 Å². The van der Waals surface area contributed by atoms with Crippen molar-refractivity contribution in [3.8, 4) is 17.6 Å². The highest BCUT2D eigenvalue weighted by Gasteiger charge is 2.41. The van der Waals surface area contributed by atoms with Crippen molar-refractivity contribution in [1.82, 2.24) is 0 Å². The molecule has 4 rings (SSSR count). The molecule has 0 amide bonds. The third-order valence-electron chi connectivity index (χ3n) is 7.68. The quantitative estimate of drug-likeness (QED) is 0.243. The number of carbonyl (C=O) groups excluding carboxylic acids is 1. The van der Waals surface area contributed by atoms with Gasteiger partial charge in [0.25, 0.3) is 0 Å². The Balaban J connectivity index is 1.37. The molecule has 2 aliphatic rings. The number of hydrogen-bond acceptors (Lipinski definition) is 4. The second kappa shape index (κ2) is 11.6. The Morgan fingerprint density at radius 2 is 1.87 bits per heavy atom. The molecule has 2 aliphatic carbocycles. The molecule has 2 unspecified atom stereocenters. The topological polar surface area (TPSA) is 55.8 Å². The lowest BCUT2D eigenvalue weighted by atomic mass is 9.63. The van der Waals surface area contributed by atoms with E-state index in [0.29, 0.717) is 12.2 Å². The van der Waals surface area contributed by atoms with Gasteiger partial charge < -0.3 is 14.6 Å². The maximum atomic E-state index is 12.0. The summed E-state index contributed by atoms with van der Waals surface area (Å²) in [6.45, 7) is 7.65. The van der Waals surface area contributed by atoms with Crippen LogP contribution in [0.15, 0.2) is 72.8 Å². The van der Waals surface area contributed by atoms with Gasteiger partial charge in [-0.3, -0.25) is 0 Å². The van der Waals surface area contributed by atoms with Gasteiger partial charge in [0.2, 0.25) is 0 Å². The summed E-state index contributed by atoms with van der Waals surface area (Å²) >= 11 is 0. The van der Waals surface area contributed by atoms with Crippen molar-refractivity contribution in [3.05, 3.63) is 89.5 Å². The molecule has 0 aromatic heterocycles. The number of hydrogen-bond donors (Lipinski definition) is 1. The van der Waals surface area contributed by atoms with E-state index < -0.39 is 11.7 Å². The smallest absolute Gasteiger partial charge is 0.344 e. The van der Waals surface area contributed by atoms with Gasteiger partial charge in [-0.1, -0.05) is 73.8 Å². The second-order valence-electron chi connectivity index (χ2n) is 11.9. The molecule has 2 atom stereocenters. The summed E-state index contributed by atoms with van der Waals surface area (Å²) < 4.78 is 11.1.